The highest BCUT2D eigenvalue weighted by atomic mass is 16.4. The molecule has 1 unspecified atom stereocenters. The number of carboxylic acid groups (broad SMARTS) is 2. The van der Waals surface area contributed by atoms with Crippen molar-refractivity contribution in [1.29, 1.82) is 0 Å². The molecule has 1 aliphatic heterocycles. The van der Waals surface area contributed by atoms with Crippen molar-refractivity contribution in [3.05, 3.63) is 59.7 Å². The van der Waals surface area contributed by atoms with Crippen LogP contribution in [0.5, 0.6) is 0 Å². The van der Waals surface area contributed by atoms with Gasteiger partial charge in [-0.3, -0.25) is 14.4 Å². The van der Waals surface area contributed by atoms with Gasteiger partial charge in [-0.25, -0.2) is 9.59 Å². The molecular formula is C21H17N5O7. The highest BCUT2D eigenvalue weighted by Crippen LogP contribution is 2.22. The van der Waals surface area contributed by atoms with E-state index < -0.39 is 42.1 Å². The minimum atomic E-state index is -1.23. The van der Waals surface area contributed by atoms with Crippen LogP contribution < -0.4 is 5.32 Å². The molecule has 12 nitrogen and oxygen atoms in total. The summed E-state index contributed by atoms with van der Waals surface area (Å²) in [6.45, 7) is 1.45. The van der Waals surface area contributed by atoms with Crippen molar-refractivity contribution in [1.82, 2.24) is 5.01 Å². The van der Waals surface area contributed by atoms with Gasteiger partial charge in [0.15, 0.2) is 6.04 Å². The molecule has 0 saturated heterocycles. The summed E-state index contributed by atoms with van der Waals surface area (Å²) in [6, 6.07) is 9.88. The van der Waals surface area contributed by atoms with Crippen LogP contribution >= 0.6 is 0 Å². The Bertz CT molecular complexity index is 1200. The van der Waals surface area contributed by atoms with Crippen molar-refractivity contribution in [2.45, 2.75) is 19.4 Å². The number of carbonyl (C=O) groups is 5. The first-order chi connectivity index (χ1) is 15.7. The summed E-state index contributed by atoms with van der Waals surface area (Å²) in [4.78, 5) is 59.3. The number of amides is 3. The lowest BCUT2D eigenvalue weighted by Crippen LogP contribution is -2.36. The van der Waals surface area contributed by atoms with Crippen LogP contribution in [0.2, 0.25) is 0 Å². The van der Waals surface area contributed by atoms with E-state index in [1.54, 1.807) is 6.07 Å². The van der Waals surface area contributed by atoms with E-state index >= 15 is 0 Å². The Hall–Kier alpha value is -4.74. The molecule has 1 atom stereocenters. The molecule has 0 saturated carbocycles. The van der Waals surface area contributed by atoms with E-state index in [4.69, 9.17) is 5.11 Å². The van der Waals surface area contributed by atoms with Gasteiger partial charge in [0.1, 0.15) is 6.42 Å². The van der Waals surface area contributed by atoms with Crippen molar-refractivity contribution in [3.63, 3.8) is 0 Å². The maximum atomic E-state index is 12.6. The molecule has 0 aromatic heterocycles. The number of hydrogen-bond acceptors (Lipinski definition) is 8. The minimum absolute atomic E-state index is 0.0303. The van der Waals surface area contributed by atoms with Crippen LogP contribution in [-0.4, -0.2) is 56.6 Å². The van der Waals surface area contributed by atoms with Crippen LogP contribution in [-0.2, 0) is 14.4 Å². The zero-order valence-corrected chi connectivity index (χ0v) is 17.1. The molecule has 0 spiro atoms. The predicted molar refractivity (Wildman–Crippen MR) is 113 cm³/mol. The third-order valence-corrected chi connectivity index (χ3v) is 4.48. The number of anilines is 1. The van der Waals surface area contributed by atoms with E-state index in [1.807, 2.05) is 0 Å². The molecular weight excluding hydrogens is 434 g/mol. The van der Waals surface area contributed by atoms with Crippen LogP contribution in [0.1, 0.15) is 34.1 Å². The zero-order chi connectivity index (χ0) is 24.1. The summed E-state index contributed by atoms with van der Waals surface area (Å²) in [6.07, 6.45) is -0.699. The molecule has 1 heterocycles. The number of carbonyl (C=O) groups excluding carboxylic acids is 3. The largest absolute Gasteiger partial charge is 0.478 e. The quantitative estimate of drug-likeness (QED) is 0.427. The van der Waals surface area contributed by atoms with Gasteiger partial charge in [-0.15, -0.1) is 0 Å². The Balaban J connectivity index is 1.64. The number of carboxylic acids is 2. The summed E-state index contributed by atoms with van der Waals surface area (Å²) >= 11 is 0. The van der Waals surface area contributed by atoms with E-state index in [-0.39, 0.29) is 28.2 Å². The molecule has 1 aliphatic rings. The molecule has 168 valence electrons. The van der Waals surface area contributed by atoms with Crippen molar-refractivity contribution in [2.24, 2.45) is 15.3 Å². The number of hydrazone groups is 1. The third kappa shape index (κ3) is 5.31. The predicted octanol–water partition coefficient (Wildman–Crippen LogP) is 2.31. The Morgan fingerprint density at radius 2 is 1.70 bits per heavy atom. The van der Waals surface area contributed by atoms with Gasteiger partial charge < -0.3 is 15.5 Å². The number of azo groups is 1. The molecule has 3 amide bonds. The number of hydrogen-bond donors (Lipinski definition) is 3. The molecule has 0 radical (unpaired) electrons. The Morgan fingerprint density at radius 1 is 1.03 bits per heavy atom. The SMILES string of the molecule is CC1=NN(C(=O)CC(=O)Nc2ccc(C(=O)O)cc2)C(=O)C1N=Nc1ccccc1C(=O)O. The second kappa shape index (κ2) is 9.60. The normalized spacial score (nSPS) is 15.4. The van der Waals surface area contributed by atoms with Crippen molar-refractivity contribution < 1.29 is 34.2 Å². The second-order valence-electron chi connectivity index (χ2n) is 6.83. The first-order valence-corrected chi connectivity index (χ1v) is 9.45. The Labute approximate surface area is 186 Å². The molecule has 2 aromatic rings. The molecule has 12 heteroatoms. The average molecular weight is 451 g/mol. The lowest BCUT2D eigenvalue weighted by Gasteiger charge is -2.11. The smallest absolute Gasteiger partial charge is 0.337 e. The van der Waals surface area contributed by atoms with Gasteiger partial charge in [0.2, 0.25) is 5.91 Å². The van der Waals surface area contributed by atoms with Gasteiger partial charge in [-0.1, -0.05) is 12.1 Å². The van der Waals surface area contributed by atoms with Crippen molar-refractivity contribution in [2.75, 3.05) is 5.32 Å². The first kappa shape index (κ1) is 22.9. The summed E-state index contributed by atoms with van der Waals surface area (Å²) in [5.74, 6) is -4.80. The number of nitrogens with one attached hydrogen (secondary N) is 1. The number of benzene rings is 2. The number of aromatic carboxylic acids is 2. The minimum Gasteiger partial charge on any atom is -0.478 e. The maximum Gasteiger partial charge on any atom is 0.337 e. The summed E-state index contributed by atoms with van der Waals surface area (Å²) in [7, 11) is 0. The number of rotatable bonds is 7. The first-order valence-electron chi connectivity index (χ1n) is 9.45. The van der Waals surface area contributed by atoms with E-state index in [0.29, 0.717) is 5.01 Å². The molecule has 0 aliphatic carbocycles. The molecule has 2 aromatic carbocycles. The van der Waals surface area contributed by atoms with E-state index in [0.717, 1.165) is 0 Å². The molecule has 3 N–H and O–H groups in total. The monoisotopic (exact) mass is 451 g/mol. The second-order valence-corrected chi connectivity index (χ2v) is 6.83. The maximum absolute atomic E-state index is 12.6. The summed E-state index contributed by atoms with van der Waals surface area (Å²) in [5.41, 5.74) is 0.372. The fourth-order valence-corrected chi connectivity index (χ4v) is 2.84. The van der Waals surface area contributed by atoms with Gasteiger partial charge in [0.25, 0.3) is 11.8 Å². The molecule has 3 rings (SSSR count). The highest BCUT2D eigenvalue weighted by molar-refractivity contribution is 6.18. The number of imide groups is 1. The fourth-order valence-electron chi connectivity index (χ4n) is 2.84. The van der Waals surface area contributed by atoms with E-state index in [2.05, 4.69) is 20.6 Å². The van der Waals surface area contributed by atoms with Gasteiger partial charge >= 0.3 is 11.9 Å². The highest BCUT2D eigenvalue weighted by Gasteiger charge is 2.38. The lowest BCUT2D eigenvalue weighted by atomic mass is 10.2. The van der Waals surface area contributed by atoms with Gasteiger partial charge in [-0.05, 0) is 43.3 Å². The average Bonchev–Trinajstić information content (AvgIpc) is 3.06. The van der Waals surface area contributed by atoms with Crippen molar-refractivity contribution >= 4 is 46.7 Å². The Morgan fingerprint density at radius 3 is 2.33 bits per heavy atom. The van der Waals surface area contributed by atoms with Gasteiger partial charge in [0, 0.05) is 5.69 Å². The fraction of sp³-hybridized carbons (Fsp3) is 0.143. The van der Waals surface area contributed by atoms with Crippen LogP contribution in [0, 0.1) is 0 Å². The zero-order valence-electron chi connectivity index (χ0n) is 17.1. The van der Waals surface area contributed by atoms with Gasteiger partial charge in [-0.2, -0.15) is 20.3 Å². The van der Waals surface area contributed by atoms with Crippen LogP contribution in [0.15, 0.2) is 63.9 Å². The van der Waals surface area contributed by atoms with Crippen LogP contribution in [0.25, 0.3) is 0 Å². The van der Waals surface area contributed by atoms with Gasteiger partial charge in [0.05, 0.1) is 22.5 Å². The lowest BCUT2D eigenvalue weighted by molar-refractivity contribution is -0.144. The number of nitrogens with zero attached hydrogens (tertiary/aromatic N) is 4. The molecule has 0 bridgehead atoms. The standard InChI is InChI=1S/C21H17N5O7/c1-11-18(24-23-15-5-3-2-4-14(15)21(32)33)19(29)26(25-11)17(28)10-16(27)22-13-8-6-12(7-9-13)20(30)31/h2-9,18H,10H2,1H3,(H,22,27)(H,30,31)(H,32,33). The molecule has 0 fully saturated rings. The molecule has 33 heavy (non-hydrogen) atoms. The van der Waals surface area contributed by atoms with Crippen molar-refractivity contribution in [3.8, 4) is 0 Å². The van der Waals surface area contributed by atoms with Crippen LogP contribution in [0.4, 0.5) is 11.4 Å². The van der Waals surface area contributed by atoms with Crippen LogP contribution in [0.3, 0.4) is 0 Å². The summed E-state index contributed by atoms with van der Waals surface area (Å²) in [5, 5.41) is 32.5. The topological polar surface area (TPSA) is 178 Å². The summed E-state index contributed by atoms with van der Waals surface area (Å²) < 4.78 is 0. The van der Waals surface area contributed by atoms with E-state index in [1.165, 1.54) is 49.4 Å². The Kier molecular flexibility index (Phi) is 6.67. The van der Waals surface area contributed by atoms with E-state index in [9.17, 15) is 29.1 Å². The third-order valence-electron chi connectivity index (χ3n) is 4.48.